The highest BCUT2D eigenvalue weighted by molar-refractivity contribution is 9.10. The number of sulfone groups is 1. The SMILES string of the molecule is CS(=O)(=O)CCC(N)C(=O)NCCc1ccc(F)c(Br)c1.Cl. The number of nitrogens with two attached hydrogens (primary N) is 1. The van der Waals surface area contributed by atoms with E-state index < -0.39 is 15.9 Å². The van der Waals surface area contributed by atoms with Crippen molar-refractivity contribution in [2.75, 3.05) is 18.6 Å². The van der Waals surface area contributed by atoms with Crippen molar-refractivity contribution in [2.24, 2.45) is 5.73 Å². The van der Waals surface area contributed by atoms with Crippen molar-refractivity contribution < 1.29 is 17.6 Å². The molecule has 9 heteroatoms. The first-order valence-corrected chi connectivity index (χ1v) is 9.19. The Morgan fingerprint density at radius 1 is 1.45 bits per heavy atom. The average molecular weight is 418 g/mol. The van der Waals surface area contributed by atoms with Gasteiger partial charge in [0.2, 0.25) is 5.91 Å². The first-order chi connectivity index (χ1) is 9.69. The summed E-state index contributed by atoms with van der Waals surface area (Å²) in [6.07, 6.45) is 1.72. The number of nitrogens with one attached hydrogen (secondary N) is 1. The molecule has 5 nitrogen and oxygen atoms in total. The van der Waals surface area contributed by atoms with Gasteiger partial charge in [-0.3, -0.25) is 4.79 Å². The van der Waals surface area contributed by atoms with Gasteiger partial charge in [-0.1, -0.05) is 6.07 Å². The zero-order valence-corrected chi connectivity index (χ0v) is 15.2. The fourth-order valence-electron chi connectivity index (χ4n) is 1.63. The normalized spacial score (nSPS) is 12.4. The van der Waals surface area contributed by atoms with E-state index in [1.807, 2.05) is 0 Å². The minimum absolute atomic E-state index is 0. The standard InChI is InChI=1S/C13H18BrFN2O3S.ClH/c1-21(19,20)7-5-12(16)13(18)17-6-4-9-2-3-11(15)10(14)8-9;/h2-3,8,12H,4-7,16H2,1H3,(H,17,18);1H. The molecule has 1 unspecified atom stereocenters. The molecule has 0 heterocycles. The Balaban J connectivity index is 0.00000441. The lowest BCUT2D eigenvalue weighted by atomic mass is 10.1. The lowest BCUT2D eigenvalue weighted by Gasteiger charge is -2.11. The largest absolute Gasteiger partial charge is 0.354 e. The van der Waals surface area contributed by atoms with Gasteiger partial charge in [-0.25, -0.2) is 12.8 Å². The van der Waals surface area contributed by atoms with E-state index >= 15 is 0 Å². The third-order valence-corrected chi connectivity index (χ3v) is 4.42. The summed E-state index contributed by atoms with van der Waals surface area (Å²) in [5.41, 5.74) is 6.48. The molecule has 1 atom stereocenters. The Morgan fingerprint density at radius 2 is 2.09 bits per heavy atom. The van der Waals surface area contributed by atoms with Gasteiger partial charge in [-0.2, -0.15) is 0 Å². The van der Waals surface area contributed by atoms with E-state index in [2.05, 4.69) is 21.2 Å². The van der Waals surface area contributed by atoms with Gasteiger partial charge in [0.15, 0.2) is 0 Å². The lowest BCUT2D eigenvalue weighted by molar-refractivity contribution is -0.122. The number of halogens is 3. The van der Waals surface area contributed by atoms with E-state index in [9.17, 15) is 17.6 Å². The number of carbonyl (C=O) groups is 1. The second kappa shape index (κ2) is 9.44. The van der Waals surface area contributed by atoms with Gasteiger partial charge in [0.05, 0.1) is 16.3 Å². The summed E-state index contributed by atoms with van der Waals surface area (Å²) < 4.78 is 35.4. The minimum atomic E-state index is -3.13. The fourth-order valence-corrected chi connectivity index (χ4v) is 2.74. The molecule has 0 saturated heterocycles. The summed E-state index contributed by atoms with van der Waals surface area (Å²) in [4.78, 5) is 11.7. The van der Waals surface area contributed by atoms with Crippen LogP contribution in [-0.2, 0) is 21.1 Å². The molecule has 0 fully saturated rings. The predicted octanol–water partition coefficient (Wildman–Crippen LogP) is 1.43. The predicted molar refractivity (Wildman–Crippen MR) is 90.4 cm³/mol. The van der Waals surface area contributed by atoms with Crippen molar-refractivity contribution in [1.82, 2.24) is 5.32 Å². The summed E-state index contributed by atoms with van der Waals surface area (Å²) in [7, 11) is -3.13. The third-order valence-electron chi connectivity index (χ3n) is 2.83. The molecule has 1 aromatic carbocycles. The Kier molecular flexibility index (Phi) is 9.14. The number of rotatable bonds is 7. The summed E-state index contributed by atoms with van der Waals surface area (Å²) >= 11 is 3.09. The zero-order chi connectivity index (χ0) is 16.0. The molecule has 1 amide bonds. The van der Waals surface area contributed by atoms with E-state index in [0.29, 0.717) is 17.4 Å². The van der Waals surface area contributed by atoms with E-state index in [-0.39, 0.29) is 36.3 Å². The van der Waals surface area contributed by atoms with Crippen LogP contribution in [0.1, 0.15) is 12.0 Å². The molecule has 0 spiro atoms. The Morgan fingerprint density at radius 3 is 2.64 bits per heavy atom. The van der Waals surface area contributed by atoms with Crippen LogP contribution in [0.2, 0.25) is 0 Å². The molecule has 0 radical (unpaired) electrons. The van der Waals surface area contributed by atoms with Gasteiger partial charge in [0.1, 0.15) is 15.7 Å². The van der Waals surface area contributed by atoms with Crippen LogP contribution in [0.25, 0.3) is 0 Å². The maximum Gasteiger partial charge on any atom is 0.236 e. The van der Waals surface area contributed by atoms with E-state index in [1.54, 1.807) is 12.1 Å². The highest BCUT2D eigenvalue weighted by atomic mass is 79.9. The van der Waals surface area contributed by atoms with Gasteiger partial charge in [0.25, 0.3) is 0 Å². The van der Waals surface area contributed by atoms with Gasteiger partial charge in [0, 0.05) is 12.8 Å². The fraction of sp³-hybridized carbons (Fsp3) is 0.462. The van der Waals surface area contributed by atoms with Crippen LogP contribution in [0.5, 0.6) is 0 Å². The number of carbonyl (C=O) groups excluding carboxylic acids is 1. The Labute approximate surface area is 144 Å². The number of benzene rings is 1. The van der Waals surface area contributed by atoms with Crippen molar-refractivity contribution in [3.8, 4) is 0 Å². The Bertz CT molecular complexity index is 613. The van der Waals surface area contributed by atoms with Crippen molar-refractivity contribution in [2.45, 2.75) is 18.9 Å². The molecular formula is C13H19BrClFN2O3S. The number of amides is 1. The molecule has 0 saturated carbocycles. The zero-order valence-electron chi connectivity index (χ0n) is 12.0. The van der Waals surface area contributed by atoms with Crippen molar-refractivity contribution >= 4 is 44.1 Å². The molecule has 0 aliphatic rings. The highest BCUT2D eigenvalue weighted by Gasteiger charge is 2.15. The Hall–Kier alpha value is -0.700. The molecular weight excluding hydrogens is 399 g/mol. The summed E-state index contributed by atoms with van der Waals surface area (Å²) in [6.45, 7) is 0.351. The van der Waals surface area contributed by atoms with Crippen LogP contribution in [0.3, 0.4) is 0 Å². The second-order valence-corrected chi connectivity index (χ2v) is 7.93. The van der Waals surface area contributed by atoms with Crippen molar-refractivity contribution in [3.63, 3.8) is 0 Å². The number of hydrogen-bond acceptors (Lipinski definition) is 4. The van der Waals surface area contributed by atoms with Gasteiger partial charge >= 0.3 is 0 Å². The first-order valence-electron chi connectivity index (χ1n) is 6.34. The topological polar surface area (TPSA) is 89.3 Å². The summed E-state index contributed by atoms with van der Waals surface area (Å²) in [5.74, 6) is -0.850. The van der Waals surface area contributed by atoms with Gasteiger partial charge < -0.3 is 11.1 Å². The van der Waals surface area contributed by atoms with Crippen LogP contribution >= 0.6 is 28.3 Å². The maximum atomic E-state index is 13.1. The molecule has 3 N–H and O–H groups in total. The van der Waals surface area contributed by atoms with Crippen LogP contribution in [0, 0.1) is 5.82 Å². The van der Waals surface area contributed by atoms with E-state index in [1.165, 1.54) is 6.07 Å². The van der Waals surface area contributed by atoms with Crippen molar-refractivity contribution in [3.05, 3.63) is 34.1 Å². The monoisotopic (exact) mass is 416 g/mol. The van der Waals surface area contributed by atoms with E-state index in [0.717, 1.165) is 11.8 Å². The van der Waals surface area contributed by atoms with Crippen LogP contribution in [-0.4, -0.2) is 38.9 Å². The third kappa shape index (κ3) is 8.07. The van der Waals surface area contributed by atoms with Crippen molar-refractivity contribution in [1.29, 1.82) is 0 Å². The molecule has 1 aromatic rings. The van der Waals surface area contributed by atoms with Gasteiger partial charge in [-0.05, 0) is 46.5 Å². The molecule has 0 aliphatic heterocycles. The van der Waals surface area contributed by atoms with Crippen LogP contribution in [0.15, 0.2) is 22.7 Å². The first kappa shape index (κ1) is 21.3. The summed E-state index contributed by atoms with van der Waals surface area (Å²) in [6, 6.07) is 3.78. The summed E-state index contributed by atoms with van der Waals surface area (Å²) in [5, 5.41) is 2.63. The molecule has 0 aliphatic carbocycles. The highest BCUT2D eigenvalue weighted by Crippen LogP contribution is 2.16. The molecule has 0 bridgehead atoms. The molecule has 22 heavy (non-hydrogen) atoms. The van der Waals surface area contributed by atoms with Gasteiger partial charge in [-0.15, -0.1) is 12.4 Å². The molecule has 126 valence electrons. The smallest absolute Gasteiger partial charge is 0.236 e. The molecule has 1 rings (SSSR count). The minimum Gasteiger partial charge on any atom is -0.354 e. The number of hydrogen-bond donors (Lipinski definition) is 2. The average Bonchev–Trinajstić information content (AvgIpc) is 2.39. The lowest BCUT2D eigenvalue weighted by Crippen LogP contribution is -2.42. The van der Waals surface area contributed by atoms with Crippen LogP contribution < -0.4 is 11.1 Å². The molecule has 0 aromatic heterocycles. The quantitative estimate of drug-likeness (QED) is 0.702. The second-order valence-electron chi connectivity index (χ2n) is 4.81. The maximum absolute atomic E-state index is 13.1. The van der Waals surface area contributed by atoms with Crippen LogP contribution in [0.4, 0.5) is 4.39 Å². The van der Waals surface area contributed by atoms with E-state index in [4.69, 9.17) is 5.73 Å².